The van der Waals surface area contributed by atoms with Gasteiger partial charge in [-0.15, -0.1) is 24.8 Å². The molecule has 86 valence electrons. The molecule has 2 aliphatic rings. The molecule has 0 aromatic rings. The molecule has 0 saturated carbocycles. The molecule has 2 saturated heterocycles. The van der Waals surface area contributed by atoms with E-state index in [1.807, 2.05) is 0 Å². The highest BCUT2D eigenvalue weighted by atomic mass is 35.5. The van der Waals surface area contributed by atoms with Gasteiger partial charge in [0, 0.05) is 19.1 Å². The Morgan fingerprint density at radius 1 is 1.29 bits per heavy atom. The van der Waals surface area contributed by atoms with E-state index in [0.717, 1.165) is 26.2 Å². The molecule has 3 N–H and O–H groups in total. The lowest BCUT2D eigenvalue weighted by atomic mass is 9.89. The van der Waals surface area contributed by atoms with Crippen LogP contribution in [-0.4, -0.2) is 32.3 Å². The van der Waals surface area contributed by atoms with Crippen LogP contribution in [0.3, 0.4) is 0 Å². The number of ether oxygens (including phenoxy) is 1. The third-order valence-electron chi connectivity index (χ3n) is 3.14. The lowest BCUT2D eigenvalue weighted by Crippen LogP contribution is -2.31. The van der Waals surface area contributed by atoms with Crippen LogP contribution in [0.2, 0.25) is 0 Å². The molecule has 0 bridgehead atoms. The van der Waals surface area contributed by atoms with E-state index in [1.165, 1.54) is 12.8 Å². The maximum absolute atomic E-state index is 5.70. The van der Waals surface area contributed by atoms with E-state index in [0.29, 0.717) is 17.9 Å². The van der Waals surface area contributed by atoms with Crippen LogP contribution >= 0.6 is 24.8 Å². The Balaban J connectivity index is 0.000000845. The van der Waals surface area contributed by atoms with Crippen LogP contribution in [0.25, 0.3) is 0 Å². The van der Waals surface area contributed by atoms with Crippen molar-refractivity contribution in [1.82, 2.24) is 5.32 Å². The first-order chi connectivity index (χ1) is 5.92. The molecule has 3 unspecified atom stereocenters. The summed E-state index contributed by atoms with van der Waals surface area (Å²) in [6, 6.07) is 0. The Kier molecular flexibility index (Phi) is 7.08. The van der Waals surface area contributed by atoms with Gasteiger partial charge < -0.3 is 15.8 Å². The van der Waals surface area contributed by atoms with Crippen LogP contribution in [0.4, 0.5) is 0 Å². The van der Waals surface area contributed by atoms with Crippen LogP contribution in [0.15, 0.2) is 0 Å². The third-order valence-corrected chi connectivity index (χ3v) is 3.14. The standard InChI is InChI=1S/C9H18N2O.2ClH/c10-4-7-5-11-6-8(7)9-2-1-3-12-9;;/h7-9,11H,1-6,10H2;2*1H. The van der Waals surface area contributed by atoms with Crippen LogP contribution < -0.4 is 11.1 Å². The highest BCUT2D eigenvalue weighted by Gasteiger charge is 2.34. The Morgan fingerprint density at radius 3 is 2.64 bits per heavy atom. The van der Waals surface area contributed by atoms with E-state index in [2.05, 4.69) is 5.32 Å². The van der Waals surface area contributed by atoms with Gasteiger partial charge in [-0.05, 0) is 31.8 Å². The monoisotopic (exact) mass is 242 g/mol. The minimum Gasteiger partial charge on any atom is -0.378 e. The Labute approximate surface area is 98.0 Å². The minimum absolute atomic E-state index is 0. The molecule has 5 heteroatoms. The molecule has 14 heavy (non-hydrogen) atoms. The summed E-state index contributed by atoms with van der Waals surface area (Å²) in [5, 5.41) is 3.39. The zero-order chi connectivity index (χ0) is 8.39. The summed E-state index contributed by atoms with van der Waals surface area (Å²) in [4.78, 5) is 0. The van der Waals surface area contributed by atoms with Gasteiger partial charge in [0.1, 0.15) is 0 Å². The third kappa shape index (κ3) is 2.97. The largest absolute Gasteiger partial charge is 0.378 e. The second kappa shape index (κ2) is 6.85. The molecule has 0 aliphatic carbocycles. The molecule has 0 radical (unpaired) electrons. The summed E-state index contributed by atoms with van der Waals surface area (Å²) in [5.74, 6) is 1.32. The van der Waals surface area contributed by atoms with Crippen molar-refractivity contribution >= 4 is 24.8 Å². The summed E-state index contributed by atoms with van der Waals surface area (Å²) >= 11 is 0. The van der Waals surface area contributed by atoms with Gasteiger partial charge in [-0.3, -0.25) is 0 Å². The van der Waals surface area contributed by atoms with Crippen molar-refractivity contribution in [2.45, 2.75) is 18.9 Å². The van der Waals surface area contributed by atoms with Gasteiger partial charge >= 0.3 is 0 Å². The highest BCUT2D eigenvalue weighted by Crippen LogP contribution is 2.28. The molecule has 2 heterocycles. The molecule has 2 fully saturated rings. The number of nitrogens with one attached hydrogen (secondary N) is 1. The van der Waals surface area contributed by atoms with Crippen LogP contribution in [0, 0.1) is 11.8 Å². The topological polar surface area (TPSA) is 47.3 Å². The summed E-state index contributed by atoms with van der Waals surface area (Å²) in [6.07, 6.45) is 2.97. The number of halogens is 2. The SMILES string of the molecule is Cl.Cl.NCC1CNCC1C1CCCO1. The van der Waals surface area contributed by atoms with Crippen molar-refractivity contribution in [3.63, 3.8) is 0 Å². The van der Waals surface area contributed by atoms with Crippen molar-refractivity contribution in [1.29, 1.82) is 0 Å². The number of hydrogen-bond acceptors (Lipinski definition) is 3. The molecule has 2 rings (SSSR count). The van der Waals surface area contributed by atoms with E-state index in [4.69, 9.17) is 10.5 Å². The first-order valence-corrected chi connectivity index (χ1v) is 4.94. The van der Waals surface area contributed by atoms with Gasteiger partial charge in [0.25, 0.3) is 0 Å². The Morgan fingerprint density at radius 2 is 2.07 bits per heavy atom. The average Bonchev–Trinajstić information content (AvgIpc) is 2.74. The highest BCUT2D eigenvalue weighted by molar-refractivity contribution is 5.85. The van der Waals surface area contributed by atoms with Crippen LogP contribution in [0.1, 0.15) is 12.8 Å². The van der Waals surface area contributed by atoms with Crippen LogP contribution in [-0.2, 0) is 4.74 Å². The predicted molar refractivity (Wildman–Crippen MR) is 62.4 cm³/mol. The summed E-state index contributed by atoms with van der Waals surface area (Å²) in [7, 11) is 0. The molecule has 3 nitrogen and oxygen atoms in total. The van der Waals surface area contributed by atoms with Crippen LogP contribution in [0.5, 0.6) is 0 Å². The molecule has 0 aromatic heterocycles. The quantitative estimate of drug-likeness (QED) is 0.754. The van der Waals surface area contributed by atoms with Gasteiger partial charge in [0.15, 0.2) is 0 Å². The van der Waals surface area contributed by atoms with Gasteiger partial charge in [-0.1, -0.05) is 0 Å². The van der Waals surface area contributed by atoms with E-state index in [9.17, 15) is 0 Å². The second-order valence-corrected chi connectivity index (χ2v) is 3.87. The fourth-order valence-corrected chi connectivity index (χ4v) is 2.39. The lowest BCUT2D eigenvalue weighted by molar-refractivity contribution is 0.0551. The van der Waals surface area contributed by atoms with Gasteiger partial charge in [0.2, 0.25) is 0 Å². The molecule has 0 amide bonds. The molecule has 3 atom stereocenters. The minimum atomic E-state index is 0. The normalized spacial score (nSPS) is 36.2. The Bertz CT molecular complexity index is 154. The van der Waals surface area contributed by atoms with E-state index >= 15 is 0 Å². The molecule has 2 aliphatic heterocycles. The smallest absolute Gasteiger partial charge is 0.0619 e. The average molecular weight is 243 g/mol. The maximum atomic E-state index is 5.70. The summed E-state index contributed by atoms with van der Waals surface area (Å²) in [5.41, 5.74) is 5.70. The Hall–Kier alpha value is 0.460. The fraction of sp³-hybridized carbons (Fsp3) is 1.00. The van der Waals surface area contributed by atoms with Gasteiger partial charge in [-0.2, -0.15) is 0 Å². The first kappa shape index (κ1) is 14.5. The maximum Gasteiger partial charge on any atom is 0.0619 e. The fourth-order valence-electron chi connectivity index (χ4n) is 2.39. The predicted octanol–water partition coefficient (Wildman–Crippen LogP) is 0.803. The molecular weight excluding hydrogens is 223 g/mol. The van der Waals surface area contributed by atoms with E-state index in [-0.39, 0.29) is 24.8 Å². The van der Waals surface area contributed by atoms with E-state index in [1.54, 1.807) is 0 Å². The molecular formula is C9H20Cl2N2O. The summed E-state index contributed by atoms with van der Waals surface area (Å²) in [6.45, 7) is 3.95. The lowest BCUT2D eigenvalue weighted by Gasteiger charge is -2.22. The number of hydrogen-bond donors (Lipinski definition) is 2. The van der Waals surface area contributed by atoms with Gasteiger partial charge in [-0.25, -0.2) is 0 Å². The zero-order valence-electron chi connectivity index (χ0n) is 8.28. The van der Waals surface area contributed by atoms with Gasteiger partial charge in [0.05, 0.1) is 6.10 Å². The number of rotatable bonds is 2. The first-order valence-electron chi connectivity index (χ1n) is 4.94. The van der Waals surface area contributed by atoms with Crippen molar-refractivity contribution in [3.05, 3.63) is 0 Å². The molecule has 0 spiro atoms. The van der Waals surface area contributed by atoms with Crippen molar-refractivity contribution in [3.8, 4) is 0 Å². The van der Waals surface area contributed by atoms with Crippen molar-refractivity contribution in [2.75, 3.05) is 26.2 Å². The molecule has 0 aromatic carbocycles. The second-order valence-electron chi connectivity index (χ2n) is 3.87. The van der Waals surface area contributed by atoms with E-state index < -0.39 is 0 Å². The van der Waals surface area contributed by atoms with Crippen molar-refractivity contribution in [2.24, 2.45) is 17.6 Å². The van der Waals surface area contributed by atoms with Crippen molar-refractivity contribution < 1.29 is 4.74 Å². The number of nitrogens with two attached hydrogens (primary N) is 1. The zero-order valence-corrected chi connectivity index (χ0v) is 9.91. The summed E-state index contributed by atoms with van der Waals surface area (Å²) < 4.78 is 5.67.